The highest BCUT2D eigenvalue weighted by Crippen LogP contribution is 2.21. The van der Waals surface area contributed by atoms with Crippen molar-refractivity contribution in [3.8, 4) is 0 Å². The van der Waals surface area contributed by atoms with Crippen molar-refractivity contribution in [2.24, 2.45) is 0 Å². The van der Waals surface area contributed by atoms with Crippen LogP contribution < -0.4 is 5.32 Å². The van der Waals surface area contributed by atoms with E-state index < -0.39 is 6.10 Å². The fourth-order valence-corrected chi connectivity index (χ4v) is 2.13. The van der Waals surface area contributed by atoms with Crippen LogP contribution in [0.15, 0.2) is 24.3 Å². The summed E-state index contributed by atoms with van der Waals surface area (Å²) >= 11 is 0. The van der Waals surface area contributed by atoms with Gasteiger partial charge in [-0.3, -0.25) is 0 Å². The lowest BCUT2D eigenvalue weighted by Gasteiger charge is -2.13. The van der Waals surface area contributed by atoms with Crippen molar-refractivity contribution in [3.05, 3.63) is 35.4 Å². The summed E-state index contributed by atoms with van der Waals surface area (Å²) in [6.45, 7) is 7.46. The lowest BCUT2D eigenvalue weighted by Crippen LogP contribution is -2.25. The summed E-state index contributed by atoms with van der Waals surface area (Å²) < 4.78 is 5.18. The minimum atomic E-state index is -0.522. The molecule has 108 valence electrons. The van der Waals surface area contributed by atoms with E-state index in [-0.39, 0.29) is 0 Å². The molecule has 1 heterocycles. The van der Waals surface area contributed by atoms with Crippen LogP contribution in [0.2, 0.25) is 0 Å². The molecule has 2 N–H and O–H groups in total. The van der Waals surface area contributed by atoms with Gasteiger partial charge in [-0.1, -0.05) is 11.6 Å². The van der Waals surface area contributed by atoms with Crippen molar-refractivity contribution in [3.63, 3.8) is 0 Å². The molecule has 4 heteroatoms. The third kappa shape index (κ3) is 3.68. The summed E-state index contributed by atoms with van der Waals surface area (Å²) in [6.07, 6.45) is -0.522. The summed E-state index contributed by atoms with van der Waals surface area (Å²) in [7, 11) is 0. The van der Waals surface area contributed by atoms with Gasteiger partial charge in [-0.2, -0.15) is 0 Å². The highest BCUT2D eigenvalue weighted by Gasteiger charge is 2.06. The van der Waals surface area contributed by atoms with Gasteiger partial charge in [-0.05, 0) is 44.5 Å². The van der Waals surface area contributed by atoms with Crippen LogP contribution in [0.3, 0.4) is 0 Å². The number of anilines is 1. The number of aliphatic hydroxyl groups is 1. The maximum Gasteiger partial charge on any atom is 0.127 e. The summed E-state index contributed by atoms with van der Waals surface area (Å²) in [5.74, 6) is 0.786. The quantitative estimate of drug-likeness (QED) is 0.850. The Bertz CT molecular complexity index is 584. The highest BCUT2D eigenvalue weighted by atomic mass is 16.5. The number of nitrogens with one attached hydrogen (secondary N) is 1. The Labute approximate surface area is 119 Å². The van der Waals surface area contributed by atoms with Crippen molar-refractivity contribution in [1.29, 1.82) is 0 Å². The van der Waals surface area contributed by atoms with Crippen molar-refractivity contribution >= 4 is 16.7 Å². The molecule has 1 atom stereocenters. The Balaban J connectivity index is 2.09. The molecule has 20 heavy (non-hydrogen) atoms. The Morgan fingerprint density at radius 3 is 2.85 bits per heavy atom. The van der Waals surface area contributed by atoms with Crippen LogP contribution in [0.4, 0.5) is 5.82 Å². The van der Waals surface area contributed by atoms with Crippen molar-refractivity contribution in [2.75, 3.05) is 25.1 Å². The molecular weight excluding hydrogens is 252 g/mol. The molecule has 0 saturated carbocycles. The first kappa shape index (κ1) is 14.8. The van der Waals surface area contributed by atoms with Gasteiger partial charge < -0.3 is 15.2 Å². The molecule has 0 saturated heterocycles. The third-order valence-electron chi connectivity index (χ3n) is 3.20. The number of aryl methyl sites for hydroxylation is 2. The van der Waals surface area contributed by atoms with Gasteiger partial charge >= 0.3 is 0 Å². The first-order valence-electron chi connectivity index (χ1n) is 6.98. The van der Waals surface area contributed by atoms with E-state index in [0.717, 1.165) is 11.3 Å². The SMILES string of the molecule is CCOCC(O)CNc1cc(C)c2cc(C)ccc2n1. The van der Waals surface area contributed by atoms with E-state index in [9.17, 15) is 5.11 Å². The maximum atomic E-state index is 9.75. The standard InChI is InChI=1S/C16H22N2O2/c1-4-20-10-13(19)9-17-16-8-12(3)14-7-11(2)5-6-15(14)18-16/h5-8,13,19H,4,9-10H2,1-3H3,(H,17,18). The van der Waals surface area contributed by atoms with E-state index in [0.29, 0.717) is 19.8 Å². The Hall–Kier alpha value is -1.65. The zero-order valence-corrected chi connectivity index (χ0v) is 12.3. The number of aliphatic hydroxyl groups excluding tert-OH is 1. The second-order valence-electron chi connectivity index (χ2n) is 5.04. The third-order valence-corrected chi connectivity index (χ3v) is 3.20. The van der Waals surface area contributed by atoms with Gasteiger partial charge in [-0.25, -0.2) is 4.98 Å². The van der Waals surface area contributed by atoms with Crippen LogP contribution in [0.1, 0.15) is 18.1 Å². The monoisotopic (exact) mass is 274 g/mol. The first-order valence-corrected chi connectivity index (χ1v) is 6.98. The average Bonchev–Trinajstić information content (AvgIpc) is 2.43. The van der Waals surface area contributed by atoms with Gasteiger partial charge in [0.05, 0.1) is 18.2 Å². The van der Waals surface area contributed by atoms with E-state index in [1.165, 1.54) is 16.5 Å². The Morgan fingerprint density at radius 2 is 2.10 bits per heavy atom. The molecule has 0 spiro atoms. The molecule has 0 bridgehead atoms. The van der Waals surface area contributed by atoms with Gasteiger partial charge in [0.1, 0.15) is 5.82 Å². The van der Waals surface area contributed by atoms with Gasteiger partial charge in [0, 0.05) is 18.5 Å². The molecule has 0 aliphatic carbocycles. The molecular formula is C16H22N2O2. The number of rotatable bonds is 6. The zero-order chi connectivity index (χ0) is 14.5. The first-order chi connectivity index (χ1) is 9.60. The Morgan fingerprint density at radius 1 is 1.30 bits per heavy atom. The Kier molecular flexibility index (Phi) is 4.93. The average molecular weight is 274 g/mol. The molecule has 1 aromatic carbocycles. The lowest BCUT2D eigenvalue weighted by molar-refractivity contribution is 0.0495. The van der Waals surface area contributed by atoms with E-state index in [4.69, 9.17) is 4.74 Å². The molecule has 0 amide bonds. The van der Waals surface area contributed by atoms with E-state index in [2.05, 4.69) is 36.3 Å². The molecule has 2 aromatic rings. The van der Waals surface area contributed by atoms with Gasteiger partial charge in [-0.15, -0.1) is 0 Å². The molecule has 0 radical (unpaired) electrons. The highest BCUT2D eigenvalue weighted by molar-refractivity contribution is 5.84. The number of benzene rings is 1. The molecule has 0 aliphatic rings. The molecule has 1 unspecified atom stereocenters. The van der Waals surface area contributed by atoms with Crippen LogP contribution in [-0.4, -0.2) is 36.0 Å². The number of hydrogen-bond acceptors (Lipinski definition) is 4. The smallest absolute Gasteiger partial charge is 0.127 e. The second kappa shape index (κ2) is 6.68. The molecule has 1 aromatic heterocycles. The number of nitrogens with zero attached hydrogens (tertiary/aromatic N) is 1. The van der Waals surface area contributed by atoms with Crippen LogP contribution in [0.25, 0.3) is 10.9 Å². The molecule has 4 nitrogen and oxygen atoms in total. The summed E-state index contributed by atoms with van der Waals surface area (Å²) in [5.41, 5.74) is 3.38. The van der Waals surface area contributed by atoms with Crippen molar-refractivity contribution in [2.45, 2.75) is 26.9 Å². The van der Waals surface area contributed by atoms with E-state index >= 15 is 0 Å². The number of hydrogen-bond donors (Lipinski definition) is 2. The molecule has 0 fully saturated rings. The summed E-state index contributed by atoms with van der Waals surface area (Å²) in [6, 6.07) is 8.24. The topological polar surface area (TPSA) is 54.4 Å². The predicted octanol–water partition coefficient (Wildman–Crippen LogP) is 2.66. The maximum absolute atomic E-state index is 9.75. The normalized spacial score (nSPS) is 12.6. The number of pyridine rings is 1. The van der Waals surface area contributed by atoms with E-state index in [1.807, 2.05) is 19.1 Å². The predicted molar refractivity (Wildman–Crippen MR) is 82.2 cm³/mol. The van der Waals surface area contributed by atoms with Crippen LogP contribution in [0.5, 0.6) is 0 Å². The number of fused-ring (bicyclic) bond motifs is 1. The molecule has 2 rings (SSSR count). The molecule has 0 aliphatic heterocycles. The van der Waals surface area contributed by atoms with Crippen LogP contribution in [0, 0.1) is 13.8 Å². The minimum absolute atomic E-state index is 0.343. The zero-order valence-electron chi connectivity index (χ0n) is 12.3. The number of aromatic nitrogens is 1. The largest absolute Gasteiger partial charge is 0.389 e. The van der Waals surface area contributed by atoms with Gasteiger partial charge in [0.25, 0.3) is 0 Å². The fourth-order valence-electron chi connectivity index (χ4n) is 2.13. The minimum Gasteiger partial charge on any atom is -0.389 e. The van der Waals surface area contributed by atoms with Crippen molar-refractivity contribution in [1.82, 2.24) is 4.98 Å². The van der Waals surface area contributed by atoms with E-state index in [1.54, 1.807) is 0 Å². The lowest BCUT2D eigenvalue weighted by atomic mass is 10.1. The van der Waals surface area contributed by atoms with Gasteiger partial charge in [0.15, 0.2) is 0 Å². The summed E-state index contributed by atoms with van der Waals surface area (Å²) in [4.78, 5) is 4.57. The van der Waals surface area contributed by atoms with Crippen LogP contribution in [-0.2, 0) is 4.74 Å². The fraction of sp³-hybridized carbons (Fsp3) is 0.438. The summed E-state index contributed by atoms with van der Waals surface area (Å²) in [5, 5.41) is 14.1. The number of ether oxygens (including phenoxy) is 1. The van der Waals surface area contributed by atoms with Crippen LogP contribution >= 0.6 is 0 Å². The second-order valence-corrected chi connectivity index (χ2v) is 5.04. The van der Waals surface area contributed by atoms with Crippen molar-refractivity contribution < 1.29 is 9.84 Å². The van der Waals surface area contributed by atoms with Gasteiger partial charge in [0.2, 0.25) is 0 Å².